The van der Waals surface area contributed by atoms with Crippen molar-refractivity contribution in [3.8, 4) is 5.75 Å². The Morgan fingerprint density at radius 3 is 2.59 bits per heavy atom. The number of pyridine rings is 1. The van der Waals surface area contributed by atoms with Crippen LogP contribution in [-0.4, -0.2) is 27.4 Å². The molecule has 1 amide bonds. The number of aliphatic hydroxyl groups is 1. The molecular weight excluding hydrogens is 408 g/mol. The lowest BCUT2D eigenvalue weighted by Crippen LogP contribution is -2.22. The van der Waals surface area contributed by atoms with E-state index in [0.717, 1.165) is 27.5 Å². The number of amides is 1. The molecule has 0 radical (unpaired) electrons. The number of aromatic nitrogens is 1. The van der Waals surface area contributed by atoms with Crippen LogP contribution in [-0.2, 0) is 6.54 Å². The first-order chi connectivity index (χ1) is 15.5. The van der Waals surface area contributed by atoms with Crippen molar-refractivity contribution in [1.82, 2.24) is 10.0 Å². The smallest absolute Gasteiger partial charge is 0.274 e. The van der Waals surface area contributed by atoms with Gasteiger partial charge in [-0.1, -0.05) is 24.3 Å². The Kier molecular flexibility index (Phi) is 6.20. The molecule has 1 heterocycles. The van der Waals surface area contributed by atoms with Gasteiger partial charge in [-0.05, 0) is 71.5 Å². The van der Waals surface area contributed by atoms with Crippen molar-refractivity contribution in [1.29, 1.82) is 0 Å². The molecule has 0 saturated carbocycles. The largest absolute Gasteiger partial charge is 0.494 e. The summed E-state index contributed by atoms with van der Waals surface area (Å²) in [6, 6.07) is 18.2. The number of nitrogens with zero attached hydrogens (tertiary/aromatic N) is 1. The van der Waals surface area contributed by atoms with Crippen molar-refractivity contribution in [3.05, 3.63) is 88.3 Å². The quantitative estimate of drug-likeness (QED) is 0.234. The van der Waals surface area contributed by atoms with Crippen molar-refractivity contribution in [2.75, 3.05) is 6.61 Å². The summed E-state index contributed by atoms with van der Waals surface area (Å²) in [6.45, 7) is 2.63. The average molecular weight is 432 g/mol. The highest BCUT2D eigenvalue weighted by atomic mass is 16.5. The maximum absolute atomic E-state index is 12.8. The molecule has 0 aliphatic heterocycles. The van der Waals surface area contributed by atoms with Gasteiger partial charge in [-0.2, -0.15) is 0 Å². The summed E-state index contributed by atoms with van der Waals surface area (Å²) in [5, 5.41) is 21.8. The predicted octanol–water partition coefficient (Wildman–Crippen LogP) is 3.80. The van der Waals surface area contributed by atoms with Gasteiger partial charge < -0.3 is 14.4 Å². The number of aliphatic hydroxyl groups excluding tert-OH is 1. The maximum Gasteiger partial charge on any atom is 0.274 e. The molecule has 7 nitrogen and oxygen atoms in total. The normalized spacial score (nSPS) is 12.1. The van der Waals surface area contributed by atoms with Gasteiger partial charge in [-0.15, -0.1) is 0 Å². The number of hydrogen-bond acceptors (Lipinski definition) is 5. The van der Waals surface area contributed by atoms with Crippen LogP contribution < -0.4 is 15.8 Å². The standard InChI is InChI=1S/C25H24N2O5/c1-16(28)19-5-3-17-7-8-22(14-21(17)13-19)32-12-2-10-27-11-9-18-4-6-20(24(29)26-31)15-23(18)25(27)30/h3-9,11,13-16,28,31H,2,10,12H2,1H3,(H,26,29). The van der Waals surface area contributed by atoms with E-state index in [2.05, 4.69) is 0 Å². The Bertz CT molecular complexity index is 1340. The number of ether oxygens (including phenoxy) is 1. The second-order valence-electron chi connectivity index (χ2n) is 7.70. The van der Waals surface area contributed by atoms with Gasteiger partial charge in [0, 0.05) is 23.7 Å². The topological polar surface area (TPSA) is 101 Å². The highest BCUT2D eigenvalue weighted by molar-refractivity contribution is 5.97. The van der Waals surface area contributed by atoms with Crippen LogP contribution in [0.4, 0.5) is 0 Å². The molecule has 0 spiro atoms. The first-order valence-corrected chi connectivity index (χ1v) is 10.4. The molecule has 1 unspecified atom stereocenters. The van der Waals surface area contributed by atoms with Gasteiger partial charge in [0.2, 0.25) is 0 Å². The number of fused-ring (bicyclic) bond motifs is 2. The minimum absolute atomic E-state index is 0.202. The molecule has 0 bridgehead atoms. The van der Waals surface area contributed by atoms with E-state index in [1.54, 1.807) is 35.3 Å². The van der Waals surface area contributed by atoms with Crippen LogP contribution in [0, 0.1) is 0 Å². The summed E-state index contributed by atoms with van der Waals surface area (Å²) in [5.41, 5.74) is 2.45. The molecule has 3 N–H and O–H groups in total. The van der Waals surface area contributed by atoms with E-state index >= 15 is 0 Å². The van der Waals surface area contributed by atoms with Gasteiger partial charge in [0.25, 0.3) is 11.5 Å². The van der Waals surface area contributed by atoms with E-state index in [4.69, 9.17) is 9.94 Å². The molecule has 4 rings (SSSR count). The van der Waals surface area contributed by atoms with Crippen LogP contribution in [0.3, 0.4) is 0 Å². The van der Waals surface area contributed by atoms with E-state index in [1.165, 1.54) is 6.07 Å². The summed E-state index contributed by atoms with van der Waals surface area (Å²) in [6.07, 6.45) is 1.82. The fraction of sp³-hybridized carbons (Fsp3) is 0.200. The van der Waals surface area contributed by atoms with Crippen LogP contribution in [0.15, 0.2) is 71.7 Å². The highest BCUT2D eigenvalue weighted by Crippen LogP contribution is 2.24. The third kappa shape index (κ3) is 4.49. The molecule has 164 valence electrons. The third-order valence-corrected chi connectivity index (χ3v) is 5.47. The zero-order valence-corrected chi connectivity index (χ0v) is 17.6. The van der Waals surface area contributed by atoms with Crippen LogP contribution in [0.25, 0.3) is 21.5 Å². The zero-order chi connectivity index (χ0) is 22.7. The lowest BCUT2D eigenvalue weighted by molar-refractivity contribution is 0.0706. The molecule has 32 heavy (non-hydrogen) atoms. The fourth-order valence-electron chi connectivity index (χ4n) is 3.68. The number of hydrogen-bond donors (Lipinski definition) is 3. The van der Waals surface area contributed by atoms with Crippen molar-refractivity contribution < 1.29 is 19.8 Å². The molecule has 0 aliphatic rings. The number of benzene rings is 3. The molecular formula is C25H24N2O5. The number of nitrogens with one attached hydrogen (secondary N) is 1. The van der Waals surface area contributed by atoms with Crippen molar-refractivity contribution in [2.45, 2.75) is 26.0 Å². The molecule has 0 fully saturated rings. The van der Waals surface area contributed by atoms with Gasteiger partial charge in [0.15, 0.2) is 0 Å². The Labute approximate surface area is 184 Å². The number of carbonyl (C=O) groups is 1. The summed E-state index contributed by atoms with van der Waals surface area (Å²) in [5.74, 6) is 0.0665. The van der Waals surface area contributed by atoms with Crippen LogP contribution in [0.1, 0.15) is 35.4 Å². The van der Waals surface area contributed by atoms with Crippen molar-refractivity contribution >= 4 is 27.5 Å². The second kappa shape index (κ2) is 9.21. The van der Waals surface area contributed by atoms with Gasteiger partial charge in [-0.3, -0.25) is 14.8 Å². The minimum atomic E-state index is -0.661. The summed E-state index contributed by atoms with van der Waals surface area (Å²) < 4.78 is 7.46. The molecule has 1 atom stereocenters. The van der Waals surface area contributed by atoms with E-state index in [-0.39, 0.29) is 11.1 Å². The molecule has 4 aromatic rings. The summed E-state index contributed by atoms with van der Waals surface area (Å²) in [7, 11) is 0. The number of hydroxylamine groups is 1. The SMILES string of the molecule is CC(O)c1ccc2ccc(OCCCn3ccc4ccc(C(=O)NO)cc4c3=O)cc2c1. The summed E-state index contributed by atoms with van der Waals surface area (Å²) >= 11 is 0. The van der Waals surface area contributed by atoms with Crippen LogP contribution in [0.2, 0.25) is 0 Å². The maximum atomic E-state index is 12.8. The first-order valence-electron chi connectivity index (χ1n) is 10.4. The Morgan fingerprint density at radius 2 is 1.81 bits per heavy atom. The van der Waals surface area contributed by atoms with Crippen molar-refractivity contribution in [3.63, 3.8) is 0 Å². The molecule has 3 aromatic carbocycles. The molecule has 0 saturated heterocycles. The number of rotatable bonds is 7. The Morgan fingerprint density at radius 1 is 1.03 bits per heavy atom. The minimum Gasteiger partial charge on any atom is -0.494 e. The molecule has 0 aliphatic carbocycles. The highest BCUT2D eigenvalue weighted by Gasteiger charge is 2.09. The van der Waals surface area contributed by atoms with Gasteiger partial charge in [0.1, 0.15) is 5.75 Å². The van der Waals surface area contributed by atoms with Crippen LogP contribution in [0.5, 0.6) is 5.75 Å². The van der Waals surface area contributed by atoms with Crippen LogP contribution >= 0.6 is 0 Å². The van der Waals surface area contributed by atoms with Gasteiger partial charge in [-0.25, -0.2) is 5.48 Å². The van der Waals surface area contributed by atoms with Gasteiger partial charge in [0.05, 0.1) is 12.7 Å². The monoisotopic (exact) mass is 432 g/mol. The number of carbonyl (C=O) groups excluding carboxylic acids is 1. The van der Waals surface area contributed by atoms with E-state index in [1.807, 2.05) is 42.5 Å². The lowest BCUT2D eigenvalue weighted by atomic mass is 10.0. The van der Waals surface area contributed by atoms with E-state index in [9.17, 15) is 14.7 Å². The zero-order valence-electron chi connectivity index (χ0n) is 17.6. The van der Waals surface area contributed by atoms with E-state index in [0.29, 0.717) is 25.0 Å². The molecule has 7 heteroatoms. The lowest BCUT2D eigenvalue weighted by Gasteiger charge is -2.11. The van der Waals surface area contributed by atoms with E-state index < -0.39 is 12.0 Å². The number of aryl methyl sites for hydroxylation is 1. The Hall–Kier alpha value is -3.68. The summed E-state index contributed by atoms with van der Waals surface area (Å²) in [4.78, 5) is 24.4. The van der Waals surface area contributed by atoms with Crippen molar-refractivity contribution in [2.24, 2.45) is 0 Å². The fourth-order valence-corrected chi connectivity index (χ4v) is 3.68. The Balaban J connectivity index is 1.43. The average Bonchev–Trinajstić information content (AvgIpc) is 2.81. The van der Waals surface area contributed by atoms with Gasteiger partial charge >= 0.3 is 0 Å². The second-order valence-corrected chi connectivity index (χ2v) is 7.70. The first kappa shape index (κ1) is 21.5. The predicted molar refractivity (Wildman–Crippen MR) is 122 cm³/mol. The molecule has 1 aromatic heterocycles. The third-order valence-electron chi connectivity index (χ3n) is 5.47.